The molecule has 1 heterocycles. The van der Waals surface area contributed by atoms with E-state index in [1.165, 1.54) is 12.1 Å². The molecular weight excluding hydrogens is 459 g/mol. The van der Waals surface area contributed by atoms with E-state index in [9.17, 15) is 14.0 Å². The van der Waals surface area contributed by atoms with E-state index in [2.05, 4.69) is 10.3 Å². The Hall–Kier alpha value is -3.84. The fraction of sp³-hybridized carbons (Fsp3) is 0.154. The van der Waals surface area contributed by atoms with E-state index in [1.807, 2.05) is 13.0 Å². The minimum absolute atomic E-state index is 0.0479. The number of hydrogen-bond donors (Lipinski definition) is 3. The number of carboxylic acid groups (broad SMARTS) is 1. The van der Waals surface area contributed by atoms with Crippen molar-refractivity contribution in [3.05, 3.63) is 93.9 Å². The summed E-state index contributed by atoms with van der Waals surface area (Å²) in [6.45, 7) is 1.98. The first-order chi connectivity index (χ1) is 16.3. The molecule has 0 fully saturated rings. The number of ether oxygens (including phenoxy) is 1. The Morgan fingerprint density at radius 2 is 1.88 bits per heavy atom. The third-order valence-electron chi connectivity index (χ3n) is 5.37. The summed E-state index contributed by atoms with van der Waals surface area (Å²) in [4.78, 5) is 26.4. The zero-order valence-corrected chi connectivity index (χ0v) is 19.1. The van der Waals surface area contributed by atoms with Gasteiger partial charge in [-0.1, -0.05) is 17.7 Å². The number of rotatable bonds is 8. The number of fused-ring (bicyclic) bond motifs is 1. The maximum Gasteiger partial charge on any atom is 0.303 e. The highest BCUT2D eigenvalue weighted by Gasteiger charge is 2.11. The quantitative estimate of drug-likeness (QED) is 0.288. The van der Waals surface area contributed by atoms with Gasteiger partial charge in [0.25, 0.3) is 5.91 Å². The number of nitrogens with one attached hydrogen (secondary N) is 2. The second-order valence-electron chi connectivity index (χ2n) is 7.98. The van der Waals surface area contributed by atoms with Crippen LogP contribution in [0.4, 0.5) is 4.39 Å². The van der Waals surface area contributed by atoms with Gasteiger partial charge in [0, 0.05) is 35.0 Å². The number of carbonyl (C=O) groups is 2. The van der Waals surface area contributed by atoms with Gasteiger partial charge in [0.2, 0.25) is 0 Å². The van der Waals surface area contributed by atoms with Crippen LogP contribution in [0.15, 0.2) is 60.7 Å². The maximum absolute atomic E-state index is 14.2. The highest BCUT2D eigenvalue weighted by Crippen LogP contribution is 2.26. The minimum atomic E-state index is -0.854. The van der Waals surface area contributed by atoms with Gasteiger partial charge in [-0.25, -0.2) is 4.39 Å². The number of halogens is 2. The number of carboxylic acids is 1. The summed E-state index contributed by atoms with van der Waals surface area (Å²) in [6, 6.07) is 16.6. The van der Waals surface area contributed by atoms with E-state index >= 15 is 0 Å². The molecule has 174 valence electrons. The number of aryl methyl sites for hydroxylation is 2. The van der Waals surface area contributed by atoms with E-state index in [4.69, 9.17) is 21.4 Å². The highest BCUT2D eigenvalue weighted by atomic mass is 35.5. The summed E-state index contributed by atoms with van der Waals surface area (Å²) < 4.78 is 20.0. The van der Waals surface area contributed by atoms with Crippen LogP contribution in [0.25, 0.3) is 10.9 Å². The molecule has 0 aliphatic rings. The molecule has 34 heavy (non-hydrogen) atoms. The van der Waals surface area contributed by atoms with Crippen molar-refractivity contribution in [3.63, 3.8) is 0 Å². The van der Waals surface area contributed by atoms with Gasteiger partial charge in [-0.05, 0) is 78.6 Å². The van der Waals surface area contributed by atoms with Crippen LogP contribution in [0.3, 0.4) is 0 Å². The molecule has 0 radical (unpaired) electrons. The van der Waals surface area contributed by atoms with E-state index in [0.717, 1.165) is 22.0 Å². The van der Waals surface area contributed by atoms with Crippen LogP contribution in [-0.4, -0.2) is 22.0 Å². The smallest absolute Gasteiger partial charge is 0.303 e. The lowest BCUT2D eigenvalue weighted by Gasteiger charge is -2.11. The van der Waals surface area contributed by atoms with Crippen molar-refractivity contribution in [1.82, 2.24) is 10.3 Å². The van der Waals surface area contributed by atoms with E-state index < -0.39 is 11.8 Å². The Morgan fingerprint density at radius 3 is 2.65 bits per heavy atom. The van der Waals surface area contributed by atoms with Crippen molar-refractivity contribution in [1.29, 1.82) is 0 Å². The Labute approximate surface area is 200 Å². The molecule has 0 atom stereocenters. The molecule has 1 aromatic heterocycles. The number of H-pyrrole nitrogens is 1. The molecule has 0 aliphatic heterocycles. The number of hydrogen-bond acceptors (Lipinski definition) is 3. The molecule has 0 spiro atoms. The minimum Gasteiger partial charge on any atom is -0.481 e. The summed E-state index contributed by atoms with van der Waals surface area (Å²) in [5, 5.41) is 13.0. The average Bonchev–Trinajstić information content (AvgIpc) is 3.20. The number of aliphatic carboxylic acids is 1. The molecule has 4 aromatic rings. The first-order valence-corrected chi connectivity index (χ1v) is 11.0. The van der Waals surface area contributed by atoms with Gasteiger partial charge in [0.15, 0.2) is 0 Å². The molecule has 3 N–H and O–H groups in total. The second kappa shape index (κ2) is 9.97. The van der Waals surface area contributed by atoms with Crippen LogP contribution < -0.4 is 10.1 Å². The number of aromatic amines is 1. The van der Waals surface area contributed by atoms with Gasteiger partial charge in [-0.15, -0.1) is 0 Å². The third-order valence-corrected chi connectivity index (χ3v) is 5.60. The Morgan fingerprint density at radius 1 is 1.06 bits per heavy atom. The predicted molar refractivity (Wildman–Crippen MR) is 128 cm³/mol. The highest BCUT2D eigenvalue weighted by molar-refractivity contribution is 6.31. The van der Waals surface area contributed by atoms with Crippen LogP contribution in [0.1, 0.15) is 33.6 Å². The summed E-state index contributed by atoms with van der Waals surface area (Å²) >= 11 is 5.99. The van der Waals surface area contributed by atoms with Crippen molar-refractivity contribution >= 4 is 34.4 Å². The monoisotopic (exact) mass is 480 g/mol. The van der Waals surface area contributed by atoms with Crippen LogP contribution >= 0.6 is 11.6 Å². The fourth-order valence-electron chi connectivity index (χ4n) is 3.68. The Balaban J connectivity index is 1.43. The van der Waals surface area contributed by atoms with Crippen molar-refractivity contribution < 1.29 is 23.8 Å². The normalized spacial score (nSPS) is 10.9. The lowest BCUT2D eigenvalue weighted by atomic mass is 10.0. The van der Waals surface area contributed by atoms with Crippen molar-refractivity contribution in [3.8, 4) is 11.5 Å². The topological polar surface area (TPSA) is 91.4 Å². The summed E-state index contributed by atoms with van der Waals surface area (Å²) in [5.41, 5.74) is 3.51. The maximum atomic E-state index is 14.2. The summed E-state index contributed by atoms with van der Waals surface area (Å²) in [5.74, 6) is -0.868. The average molecular weight is 481 g/mol. The molecule has 0 aliphatic carbocycles. The molecule has 0 unspecified atom stereocenters. The number of benzene rings is 3. The molecule has 0 bridgehead atoms. The van der Waals surface area contributed by atoms with Gasteiger partial charge >= 0.3 is 5.97 Å². The van der Waals surface area contributed by atoms with E-state index in [0.29, 0.717) is 34.2 Å². The SMILES string of the molecule is Cc1cc(Oc2cc(F)cc(CNC(=O)c3cc4cc(Cl)ccc4[nH]3)c2)ccc1CCC(=O)O. The predicted octanol–water partition coefficient (Wildman–Crippen LogP) is 6.01. The second-order valence-corrected chi connectivity index (χ2v) is 8.41. The van der Waals surface area contributed by atoms with Crippen molar-refractivity contribution in [2.45, 2.75) is 26.3 Å². The zero-order valence-electron chi connectivity index (χ0n) is 18.3. The largest absolute Gasteiger partial charge is 0.481 e. The molecule has 4 rings (SSSR count). The third kappa shape index (κ3) is 5.74. The molecule has 0 saturated heterocycles. The van der Waals surface area contributed by atoms with Gasteiger partial charge in [0.05, 0.1) is 0 Å². The number of carbonyl (C=O) groups excluding carboxylic acids is 1. The van der Waals surface area contributed by atoms with Gasteiger partial charge in [0.1, 0.15) is 23.0 Å². The fourth-order valence-corrected chi connectivity index (χ4v) is 3.86. The lowest BCUT2D eigenvalue weighted by molar-refractivity contribution is -0.136. The molecular formula is C26H22ClFN2O4. The van der Waals surface area contributed by atoms with Gasteiger partial charge in [-0.3, -0.25) is 9.59 Å². The van der Waals surface area contributed by atoms with Gasteiger partial charge < -0.3 is 20.1 Å². The molecule has 0 saturated carbocycles. The molecule has 1 amide bonds. The summed E-state index contributed by atoms with van der Waals surface area (Å²) in [6.07, 6.45) is 0.473. The molecule has 8 heteroatoms. The molecule has 6 nitrogen and oxygen atoms in total. The van der Waals surface area contributed by atoms with Crippen LogP contribution in [0.2, 0.25) is 5.02 Å². The lowest BCUT2D eigenvalue weighted by Crippen LogP contribution is -2.23. The number of aromatic nitrogens is 1. The Bertz CT molecular complexity index is 1380. The summed E-state index contributed by atoms with van der Waals surface area (Å²) in [7, 11) is 0. The van der Waals surface area contributed by atoms with Crippen LogP contribution in [-0.2, 0) is 17.8 Å². The Kier molecular flexibility index (Phi) is 6.84. The van der Waals surface area contributed by atoms with Gasteiger partial charge in [-0.2, -0.15) is 0 Å². The first-order valence-electron chi connectivity index (χ1n) is 10.6. The van der Waals surface area contributed by atoms with E-state index in [-0.39, 0.29) is 18.9 Å². The van der Waals surface area contributed by atoms with E-state index in [1.54, 1.807) is 42.5 Å². The van der Waals surface area contributed by atoms with Crippen molar-refractivity contribution in [2.24, 2.45) is 0 Å². The molecule has 3 aromatic carbocycles. The standard InChI is InChI=1S/C26H22ClFN2O4/c1-15-8-21(5-2-17(15)3-7-25(31)32)34-22-10-16(9-20(28)13-22)14-29-26(33)24-12-18-11-19(27)4-6-23(18)30-24/h2,4-6,8-13,30H,3,7,14H2,1H3,(H,29,33)(H,31,32). The zero-order chi connectivity index (χ0) is 24.2. The number of amides is 1. The van der Waals surface area contributed by atoms with Crippen molar-refractivity contribution in [2.75, 3.05) is 0 Å². The van der Waals surface area contributed by atoms with Crippen LogP contribution in [0.5, 0.6) is 11.5 Å². The van der Waals surface area contributed by atoms with Crippen LogP contribution in [0, 0.1) is 12.7 Å². The first kappa shape index (κ1) is 23.3.